The molecule has 6 heteroatoms. The number of aryl methyl sites for hydroxylation is 1. The van der Waals surface area contributed by atoms with E-state index < -0.39 is 9.84 Å². The van der Waals surface area contributed by atoms with Crippen LogP contribution in [0.25, 0.3) is 10.9 Å². The van der Waals surface area contributed by atoms with Crippen LogP contribution in [-0.4, -0.2) is 19.0 Å². The summed E-state index contributed by atoms with van der Waals surface area (Å²) >= 11 is 6.58. The van der Waals surface area contributed by atoms with Gasteiger partial charge < -0.3 is 9.88 Å². The van der Waals surface area contributed by atoms with Crippen molar-refractivity contribution in [3.05, 3.63) is 58.7 Å². The topological polar surface area (TPSA) is 51.1 Å². The zero-order valence-corrected chi connectivity index (χ0v) is 15.9. The molecule has 1 aromatic heterocycles. The van der Waals surface area contributed by atoms with E-state index in [4.69, 9.17) is 11.6 Å². The molecule has 1 fully saturated rings. The van der Waals surface area contributed by atoms with Crippen LogP contribution in [0.5, 0.6) is 0 Å². The van der Waals surface area contributed by atoms with Crippen molar-refractivity contribution < 1.29 is 8.42 Å². The van der Waals surface area contributed by atoms with E-state index in [9.17, 15) is 8.42 Å². The van der Waals surface area contributed by atoms with Crippen molar-refractivity contribution >= 4 is 32.3 Å². The van der Waals surface area contributed by atoms with Crippen LogP contribution in [0.15, 0.2) is 52.3 Å². The van der Waals surface area contributed by atoms with Crippen LogP contribution >= 0.6 is 11.6 Å². The summed E-state index contributed by atoms with van der Waals surface area (Å²) in [6.07, 6.45) is 3.22. The Morgan fingerprint density at radius 3 is 2.65 bits per heavy atom. The number of aromatic nitrogens is 1. The lowest BCUT2D eigenvalue weighted by atomic mass is 9.99. The zero-order valence-electron chi connectivity index (χ0n) is 14.4. The van der Waals surface area contributed by atoms with E-state index in [1.54, 1.807) is 30.3 Å². The first-order valence-corrected chi connectivity index (χ1v) is 10.7. The second-order valence-corrected chi connectivity index (χ2v) is 9.59. The monoisotopic (exact) mass is 386 g/mol. The number of hydrogen-bond acceptors (Lipinski definition) is 3. The molecule has 2 atom stereocenters. The smallest absolute Gasteiger partial charge is 0.206 e. The lowest BCUT2D eigenvalue weighted by molar-refractivity contribution is 0.503. The van der Waals surface area contributed by atoms with E-state index in [0.717, 1.165) is 30.2 Å². The SMILES string of the molecule is Cn1c2c(c3cc(S(=O)(=O)c4ccccc4)cc(Cl)c31)C1CCC(C2)N1. The van der Waals surface area contributed by atoms with Gasteiger partial charge in [0.1, 0.15) is 0 Å². The third-order valence-corrected chi connectivity index (χ3v) is 7.81. The van der Waals surface area contributed by atoms with Crippen LogP contribution in [0, 0.1) is 0 Å². The van der Waals surface area contributed by atoms with Gasteiger partial charge in [0, 0.05) is 36.6 Å². The molecule has 26 heavy (non-hydrogen) atoms. The molecule has 0 aliphatic carbocycles. The summed E-state index contributed by atoms with van der Waals surface area (Å²) in [5, 5.41) is 5.11. The number of hydrogen-bond donors (Lipinski definition) is 1. The number of benzene rings is 2. The molecule has 5 rings (SSSR count). The predicted octanol–water partition coefficient (Wildman–Crippen LogP) is 4.01. The van der Waals surface area contributed by atoms with Crippen molar-refractivity contribution in [1.82, 2.24) is 9.88 Å². The van der Waals surface area contributed by atoms with Gasteiger partial charge >= 0.3 is 0 Å². The molecule has 0 saturated carbocycles. The van der Waals surface area contributed by atoms with E-state index in [1.807, 2.05) is 19.2 Å². The Balaban J connectivity index is 1.78. The summed E-state index contributed by atoms with van der Waals surface area (Å²) in [5.74, 6) is 0. The molecule has 2 aromatic carbocycles. The highest BCUT2D eigenvalue weighted by Crippen LogP contribution is 2.44. The van der Waals surface area contributed by atoms with Gasteiger partial charge in [0.25, 0.3) is 0 Å². The van der Waals surface area contributed by atoms with Gasteiger partial charge in [0.05, 0.1) is 20.3 Å². The van der Waals surface area contributed by atoms with E-state index in [-0.39, 0.29) is 10.9 Å². The number of halogens is 1. The molecule has 0 amide bonds. The summed E-state index contributed by atoms with van der Waals surface area (Å²) in [6.45, 7) is 0. The van der Waals surface area contributed by atoms with Gasteiger partial charge in [-0.15, -0.1) is 0 Å². The highest BCUT2D eigenvalue weighted by molar-refractivity contribution is 7.91. The van der Waals surface area contributed by atoms with Gasteiger partial charge in [-0.2, -0.15) is 0 Å². The molecule has 2 bridgehead atoms. The first-order chi connectivity index (χ1) is 12.5. The van der Waals surface area contributed by atoms with E-state index in [1.165, 1.54) is 11.3 Å². The van der Waals surface area contributed by atoms with Gasteiger partial charge in [-0.05, 0) is 42.7 Å². The Hall–Kier alpha value is -1.82. The fourth-order valence-electron chi connectivity index (χ4n) is 4.56. The Bertz CT molecular complexity index is 1140. The molecule has 3 aromatic rings. The summed E-state index contributed by atoms with van der Waals surface area (Å²) in [5.41, 5.74) is 3.43. The molecule has 2 aliphatic heterocycles. The normalized spacial score (nSPS) is 21.9. The van der Waals surface area contributed by atoms with Crippen molar-refractivity contribution in [2.45, 2.75) is 41.1 Å². The van der Waals surface area contributed by atoms with E-state index in [2.05, 4.69) is 9.88 Å². The van der Waals surface area contributed by atoms with Crippen LogP contribution in [0.3, 0.4) is 0 Å². The highest BCUT2D eigenvalue weighted by Gasteiger charge is 2.36. The molecule has 2 aliphatic rings. The summed E-state index contributed by atoms with van der Waals surface area (Å²) in [4.78, 5) is 0.550. The molecule has 2 unspecified atom stereocenters. The second-order valence-electron chi connectivity index (χ2n) is 7.23. The number of sulfone groups is 1. The van der Waals surface area contributed by atoms with Gasteiger partial charge in [-0.25, -0.2) is 8.42 Å². The lowest BCUT2D eigenvalue weighted by Crippen LogP contribution is -2.32. The van der Waals surface area contributed by atoms with Crippen molar-refractivity contribution in [2.24, 2.45) is 7.05 Å². The fraction of sp³-hybridized carbons (Fsp3) is 0.300. The molecule has 0 spiro atoms. The minimum absolute atomic E-state index is 0.259. The maximum absolute atomic E-state index is 13.1. The zero-order chi connectivity index (χ0) is 18.1. The number of nitrogens with zero attached hydrogens (tertiary/aromatic N) is 1. The van der Waals surface area contributed by atoms with Crippen LogP contribution in [0.2, 0.25) is 5.02 Å². The molecule has 3 heterocycles. The summed E-state index contributed by atoms with van der Waals surface area (Å²) < 4.78 is 28.3. The number of nitrogens with one attached hydrogen (secondary N) is 1. The second kappa shape index (κ2) is 5.59. The quantitative estimate of drug-likeness (QED) is 0.723. The van der Waals surface area contributed by atoms with Gasteiger partial charge in [-0.1, -0.05) is 29.8 Å². The molecular formula is C20H19ClN2O2S. The average Bonchev–Trinajstić information content (AvgIpc) is 3.15. The van der Waals surface area contributed by atoms with Crippen LogP contribution < -0.4 is 5.32 Å². The van der Waals surface area contributed by atoms with E-state index >= 15 is 0 Å². The van der Waals surface area contributed by atoms with Gasteiger partial charge in [0.15, 0.2) is 0 Å². The van der Waals surface area contributed by atoms with Crippen LogP contribution in [0.1, 0.15) is 30.1 Å². The first kappa shape index (κ1) is 16.4. The molecular weight excluding hydrogens is 368 g/mol. The number of rotatable bonds is 2. The predicted molar refractivity (Wildman–Crippen MR) is 102 cm³/mol. The van der Waals surface area contributed by atoms with Crippen molar-refractivity contribution in [2.75, 3.05) is 0 Å². The fourth-order valence-corrected chi connectivity index (χ4v) is 6.30. The Kier molecular flexibility index (Phi) is 3.52. The van der Waals surface area contributed by atoms with Crippen molar-refractivity contribution in [3.63, 3.8) is 0 Å². The third-order valence-electron chi connectivity index (χ3n) is 5.77. The molecule has 0 radical (unpaired) electrons. The third kappa shape index (κ3) is 2.20. The maximum Gasteiger partial charge on any atom is 0.206 e. The molecule has 4 nitrogen and oxygen atoms in total. The Labute approximate surface area is 157 Å². The van der Waals surface area contributed by atoms with Crippen molar-refractivity contribution in [1.29, 1.82) is 0 Å². The minimum atomic E-state index is -3.60. The van der Waals surface area contributed by atoms with Gasteiger partial charge in [-0.3, -0.25) is 0 Å². The largest absolute Gasteiger partial charge is 0.346 e. The summed E-state index contributed by atoms with van der Waals surface area (Å²) in [6, 6.07) is 12.7. The van der Waals surface area contributed by atoms with Crippen molar-refractivity contribution in [3.8, 4) is 0 Å². The highest BCUT2D eigenvalue weighted by atomic mass is 35.5. The Morgan fingerprint density at radius 2 is 1.88 bits per heavy atom. The Morgan fingerprint density at radius 1 is 1.12 bits per heavy atom. The lowest BCUT2D eigenvalue weighted by Gasteiger charge is -2.23. The minimum Gasteiger partial charge on any atom is -0.346 e. The molecule has 1 N–H and O–H groups in total. The summed E-state index contributed by atoms with van der Waals surface area (Å²) in [7, 11) is -1.57. The first-order valence-electron chi connectivity index (χ1n) is 8.83. The van der Waals surface area contributed by atoms with E-state index in [0.29, 0.717) is 16.0 Å². The maximum atomic E-state index is 13.1. The van der Waals surface area contributed by atoms with Gasteiger partial charge in [0.2, 0.25) is 9.84 Å². The average molecular weight is 387 g/mol. The standard InChI is InChI=1S/C20H19ClN2O2S/c1-23-18-9-12-7-8-17(22-12)19(18)15-10-14(11-16(21)20(15)23)26(24,25)13-5-3-2-4-6-13/h2-6,10-12,17,22H,7-9H2,1H3. The molecule has 1 saturated heterocycles. The number of fused-ring (bicyclic) bond motifs is 6. The van der Waals surface area contributed by atoms with Crippen LogP contribution in [-0.2, 0) is 23.3 Å². The molecule has 134 valence electrons. The van der Waals surface area contributed by atoms with Crippen LogP contribution in [0.4, 0.5) is 0 Å².